The Bertz CT molecular complexity index is 1700. The summed E-state index contributed by atoms with van der Waals surface area (Å²) in [6.07, 6.45) is 0. The molecule has 6 rings (SSSR count). The van der Waals surface area contributed by atoms with Gasteiger partial charge in [0, 0.05) is 34.6 Å². The van der Waals surface area contributed by atoms with Crippen LogP contribution in [0.5, 0.6) is 0 Å². The Morgan fingerprint density at radius 1 is 0.649 bits per heavy atom. The molecule has 0 aromatic heterocycles. The first-order valence-corrected chi connectivity index (χ1v) is 13.2. The standard InChI is InChI=1S/C33H26N2OS/c1-22(36)35-26-17-15-25(16-18-26)34-21-32-28-10-4-6-12-30(28)33(31-13-7-5-11-29(31)32)37-27-19-14-23-8-2-3-9-24(23)20-27/h2-20,34H,21H2,1H3,(H,35,36). The Balaban J connectivity index is 1.40. The molecule has 2 N–H and O–H groups in total. The Morgan fingerprint density at radius 3 is 1.86 bits per heavy atom. The van der Waals surface area contributed by atoms with Crippen molar-refractivity contribution >= 4 is 61.4 Å². The number of hydrogen-bond donors (Lipinski definition) is 2. The zero-order chi connectivity index (χ0) is 25.2. The van der Waals surface area contributed by atoms with Gasteiger partial charge >= 0.3 is 0 Å². The normalized spacial score (nSPS) is 11.2. The van der Waals surface area contributed by atoms with Gasteiger partial charge in [0.15, 0.2) is 0 Å². The Morgan fingerprint density at radius 2 is 1.22 bits per heavy atom. The third kappa shape index (κ3) is 4.76. The van der Waals surface area contributed by atoms with Crippen molar-refractivity contribution < 1.29 is 4.79 Å². The summed E-state index contributed by atoms with van der Waals surface area (Å²) in [4.78, 5) is 13.8. The third-order valence-electron chi connectivity index (χ3n) is 6.61. The lowest BCUT2D eigenvalue weighted by atomic mass is 9.96. The van der Waals surface area contributed by atoms with E-state index in [9.17, 15) is 4.79 Å². The minimum atomic E-state index is -0.0692. The molecule has 0 spiro atoms. The van der Waals surface area contributed by atoms with Gasteiger partial charge in [-0.15, -0.1) is 0 Å². The number of carbonyl (C=O) groups excluding carboxylic acids is 1. The summed E-state index contributed by atoms with van der Waals surface area (Å²) in [7, 11) is 0. The number of fused-ring (bicyclic) bond motifs is 3. The van der Waals surface area contributed by atoms with E-state index in [2.05, 4.69) is 102 Å². The van der Waals surface area contributed by atoms with E-state index in [4.69, 9.17) is 0 Å². The second-order valence-electron chi connectivity index (χ2n) is 9.12. The van der Waals surface area contributed by atoms with E-state index in [1.807, 2.05) is 36.0 Å². The number of hydrogen-bond acceptors (Lipinski definition) is 3. The monoisotopic (exact) mass is 498 g/mol. The summed E-state index contributed by atoms with van der Waals surface area (Å²) in [6, 6.07) is 40.5. The summed E-state index contributed by atoms with van der Waals surface area (Å²) in [6.45, 7) is 2.21. The number of carbonyl (C=O) groups is 1. The molecule has 0 atom stereocenters. The van der Waals surface area contributed by atoms with Crippen LogP contribution in [0.3, 0.4) is 0 Å². The van der Waals surface area contributed by atoms with Crippen LogP contribution in [0.4, 0.5) is 11.4 Å². The van der Waals surface area contributed by atoms with Crippen LogP contribution in [0.1, 0.15) is 12.5 Å². The van der Waals surface area contributed by atoms with Crippen LogP contribution in [-0.2, 0) is 11.3 Å². The lowest BCUT2D eigenvalue weighted by Gasteiger charge is -2.18. The van der Waals surface area contributed by atoms with Gasteiger partial charge < -0.3 is 10.6 Å². The van der Waals surface area contributed by atoms with Crippen molar-refractivity contribution in [2.45, 2.75) is 23.3 Å². The highest BCUT2D eigenvalue weighted by molar-refractivity contribution is 7.99. The fourth-order valence-corrected chi connectivity index (χ4v) is 6.03. The molecule has 0 saturated heterocycles. The van der Waals surface area contributed by atoms with Crippen molar-refractivity contribution in [2.24, 2.45) is 0 Å². The van der Waals surface area contributed by atoms with E-state index in [0.29, 0.717) is 6.54 Å². The molecular formula is C33H26N2OS. The van der Waals surface area contributed by atoms with Gasteiger partial charge in [-0.25, -0.2) is 0 Å². The summed E-state index contributed by atoms with van der Waals surface area (Å²) in [5.74, 6) is -0.0692. The topological polar surface area (TPSA) is 41.1 Å². The van der Waals surface area contributed by atoms with Crippen molar-refractivity contribution in [3.63, 3.8) is 0 Å². The molecule has 3 nitrogen and oxygen atoms in total. The zero-order valence-electron chi connectivity index (χ0n) is 20.5. The van der Waals surface area contributed by atoms with Crippen molar-refractivity contribution in [1.82, 2.24) is 0 Å². The van der Waals surface area contributed by atoms with Crippen LogP contribution in [0.15, 0.2) is 125 Å². The van der Waals surface area contributed by atoms with Gasteiger partial charge in [-0.3, -0.25) is 4.79 Å². The quantitative estimate of drug-likeness (QED) is 0.225. The van der Waals surface area contributed by atoms with E-state index in [1.165, 1.54) is 54.6 Å². The minimum absolute atomic E-state index is 0.0692. The average molecular weight is 499 g/mol. The molecule has 180 valence electrons. The molecule has 0 fully saturated rings. The molecule has 4 heteroatoms. The fourth-order valence-electron chi connectivity index (χ4n) is 4.89. The number of benzene rings is 6. The number of anilines is 2. The maximum Gasteiger partial charge on any atom is 0.221 e. The minimum Gasteiger partial charge on any atom is -0.381 e. The van der Waals surface area contributed by atoms with Gasteiger partial charge in [0.25, 0.3) is 0 Å². The van der Waals surface area contributed by atoms with Gasteiger partial charge in [0.05, 0.1) is 0 Å². The first-order chi connectivity index (χ1) is 18.2. The first-order valence-electron chi connectivity index (χ1n) is 12.4. The molecule has 1 amide bonds. The van der Waals surface area contributed by atoms with E-state index >= 15 is 0 Å². The highest BCUT2D eigenvalue weighted by atomic mass is 32.2. The number of amides is 1. The van der Waals surface area contributed by atoms with Crippen LogP contribution in [0, 0.1) is 0 Å². The maximum absolute atomic E-state index is 11.3. The molecule has 0 radical (unpaired) electrons. The Hall–Kier alpha value is -4.28. The molecule has 0 aliphatic heterocycles. The summed E-state index contributed by atoms with van der Waals surface area (Å²) >= 11 is 1.84. The third-order valence-corrected chi connectivity index (χ3v) is 7.74. The van der Waals surface area contributed by atoms with Gasteiger partial charge in [0.2, 0.25) is 5.91 Å². The SMILES string of the molecule is CC(=O)Nc1ccc(NCc2c3ccccc3c(Sc3ccc4ccccc4c3)c3ccccc23)cc1. The molecule has 0 heterocycles. The van der Waals surface area contributed by atoms with Crippen LogP contribution in [-0.4, -0.2) is 5.91 Å². The van der Waals surface area contributed by atoms with Gasteiger partial charge in [-0.1, -0.05) is 90.6 Å². The molecule has 0 unspecified atom stereocenters. The second-order valence-corrected chi connectivity index (χ2v) is 10.2. The van der Waals surface area contributed by atoms with Crippen LogP contribution < -0.4 is 10.6 Å². The fraction of sp³-hybridized carbons (Fsp3) is 0.0606. The van der Waals surface area contributed by atoms with E-state index in [0.717, 1.165) is 11.4 Å². The highest BCUT2D eigenvalue weighted by Crippen LogP contribution is 2.42. The van der Waals surface area contributed by atoms with Crippen LogP contribution in [0.25, 0.3) is 32.3 Å². The predicted molar refractivity (Wildman–Crippen MR) is 158 cm³/mol. The number of nitrogens with one attached hydrogen (secondary N) is 2. The molecule has 37 heavy (non-hydrogen) atoms. The van der Waals surface area contributed by atoms with Crippen molar-refractivity contribution in [2.75, 3.05) is 10.6 Å². The van der Waals surface area contributed by atoms with Crippen molar-refractivity contribution in [1.29, 1.82) is 0 Å². The van der Waals surface area contributed by atoms with E-state index < -0.39 is 0 Å². The molecule has 0 bridgehead atoms. The largest absolute Gasteiger partial charge is 0.381 e. The van der Waals surface area contributed by atoms with Gasteiger partial charge in [-0.05, 0) is 74.3 Å². The molecule has 6 aromatic rings. The Labute approximate surface area is 220 Å². The van der Waals surface area contributed by atoms with Gasteiger partial charge in [-0.2, -0.15) is 0 Å². The van der Waals surface area contributed by atoms with Gasteiger partial charge in [0.1, 0.15) is 0 Å². The van der Waals surface area contributed by atoms with Crippen molar-refractivity contribution in [3.05, 3.63) is 121 Å². The summed E-state index contributed by atoms with van der Waals surface area (Å²) < 4.78 is 0. The zero-order valence-corrected chi connectivity index (χ0v) is 21.3. The lowest BCUT2D eigenvalue weighted by molar-refractivity contribution is -0.114. The molecule has 0 aliphatic carbocycles. The molecule has 6 aromatic carbocycles. The molecule has 0 saturated carbocycles. The first kappa shape index (κ1) is 23.1. The highest BCUT2D eigenvalue weighted by Gasteiger charge is 2.15. The Kier molecular flexibility index (Phi) is 6.25. The summed E-state index contributed by atoms with van der Waals surface area (Å²) in [5.41, 5.74) is 3.08. The van der Waals surface area contributed by atoms with Crippen LogP contribution in [0.2, 0.25) is 0 Å². The number of rotatable bonds is 6. The average Bonchev–Trinajstić information content (AvgIpc) is 2.93. The predicted octanol–water partition coefficient (Wildman–Crippen LogP) is 8.87. The molecule has 0 aliphatic rings. The van der Waals surface area contributed by atoms with Crippen molar-refractivity contribution in [3.8, 4) is 0 Å². The summed E-state index contributed by atoms with van der Waals surface area (Å²) in [5, 5.41) is 14.0. The van der Waals surface area contributed by atoms with E-state index in [-0.39, 0.29) is 5.91 Å². The molecular weight excluding hydrogens is 472 g/mol. The lowest BCUT2D eigenvalue weighted by Crippen LogP contribution is -2.06. The van der Waals surface area contributed by atoms with Crippen LogP contribution >= 0.6 is 11.8 Å². The smallest absolute Gasteiger partial charge is 0.221 e. The maximum atomic E-state index is 11.3. The second kappa shape index (κ2) is 10.00. The van der Waals surface area contributed by atoms with E-state index in [1.54, 1.807) is 0 Å².